The summed E-state index contributed by atoms with van der Waals surface area (Å²) in [6.07, 6.45) is 3.03. The van der Waals surface area contributed by atoms with Crippen molar-refractivity contribution in [3.05, 3.63) is 24.2 Å². The van der Waals surface area contributed by atoms with Gasteiger partial charge in [-0.1, -0.05) is 13.8 Å². The summed E-state index contributed by atoms with van der Waals surface area (Å²) in [5, 5.41) is 10.00. The minimum Gasteiger partial charge on any atom is -0.469 e. The van der Waals surface area contributed by atoms with Gasteiger partial charge in [-0.3, -0.25) is 0 Å². The van der Waals surface area contributed by atoms with Gasteiger partial charge in [-0.05, 0) is 31.4 Å². The molecule has 0 bridgehead atoms. The summed E-state index contributed by atoms with van der Waals surface area (Å²) in [7, 11) is 0. The van der Waals surface area contributed by atoms with Crippen molar-refractivity contribution in [2.75, 3.05) is 0 Å². The van der Waals surface area contributed by atoms with Crippen molar-refractivity contribution in [1.29, 1.82) is 0 Å². The highest BCUT2D eigenvalue weighted by atomic mass is 16.3. The molecule has 0 radical (unpaired) electrons. The predicted octanol–water partition coefficient (Wildman–Crippen LogP) is 2.62. The highest BCUT2D eigenvalue weighted by Crippen LogP contribution is 2.21. The van der Waals surface area contributed by atoms with E-state index in [2.05, 4.69) is 13.8 Å². The summed E-state index contributed by atoms with van der Waals surface area (Å²) < 4.78 is 5.19. The smallest absolute Gasteiger partial charge is 0.106 e. The molecule has 1 atom stereocenters. The Bertz CT molecular complexity index is 235. The van der Waals surface area contributed by atoms with Crippen molar-refractivity contribution in [2.45, 2.75) is 39.2 Å². The van der Waals surface area contributed by atoms with Crippen LogP contribution in [0.3, 0.4) is 0 Å². The zero-order valence-electron chi connectivity index (χ0n) is 8.58. The second kappa shape index (κ2) is 3.97. The number of rotatable bonds is 4. The Morgan fingerprint density at radius 1 is 1.54 bits per heavy atom. The van der Waals surface area contributed by atoms with Gasteiger partial charge in [0.1, 0.15) is 5.76 Å². The lowest BCUT2D eigenvalue weighted by molar-refractivity contribution is 0.0341. The zero-order chi connectivity index (χ0) is 9.90. The number of furan rings is 1. The van der Waals surface area contributed by atoms with Gasteiger partial charge in [-0.15, -0.1) is 0 Å². The summed E-state index contributed by atoms with van der Waals surface area (Å²) in [6, 6.07) is 3.75. The molecule has 1 rings (SSSR count). The van der Waals surface area contributed by atoms with E-state index in [9.17, 15) is 5.11 Å². The molecule has 0 saturated heterocycles. The zero-order valence-corrected chi connectivity index (χ0v) is 8.58. The monoisotopic (exact) mass is 182 g/mol. The fourth-order valence-electron chi connectivity index (χ4n) is 1.74. The van der Waals surface area contributed by atoms with Gasteiger partial charge < -0.3 is 9.52 Å². The molecule has 13 heavy (non-hydrogen) atoms. The van der Waals surface area contributed by atoms with Crippen LogP contribution in [0.15, 0.2) is 22.8 Å². The van der Waals surface area contributed by atoms with E-state index in [1.807, 2.05) is 19.1 Å². The van der Waals surface area contributed by atoms with Gasteiger partial charge >= 0.3 is 0 Å². The standard InChI is InChI=1S/C11H18O2/c1-9(2)7-11(3,12)8-10-5-4-6-13-10/h4-6,9,12H,7-8H2,1-3H3. The molecule has 1 aromatic heterocycles. The van der Waals surface area contributed by atoms with E-state index in [0.717, 1.165) is 12.2 Å². The number of hydrogen-bond donors (Lipinski definition) is 1. The molecule has 1 N–H and O–H groups in total. The van der Waals surface area contributed by atoms with E-state index < -0.39 is 5.60 Å². The van der Waals surface area contributed by atoms with Gasteiger partial charge in [-0.2, -0.15) is 0 Å². The highest BCUT2D eigenvalue weighted by molar-refractivity contribution is 5.02. The van der Waals surface area contributed by atoms with E-state index in [-0.39, 0.29) is 0 Å². The summed E-state index contributed by atoms with van der Waals surface area (Å²) in [4.78, 5) is 0. The second-order valence-electron chi connectivity index (χ2n) is 4.35. The summed E-state index contributed by atoms with van der Waals surface area (Å²) in [5.41, 5.74) is -0.647. The van der Waals surface area contributed by atoms with Gasteiger partial charge in [0.05, 0.1) is 11.9 Å². The fourth-order valence-corrected chi connectivity index (χ4v) is 1.74. The Morgan fingerprint density at radius 2 is 2.23 bits per heavy atom. The topological polar surface area (TPSA) is 33.4 Å². The first-order valence-electron chi connectivity index (χ1n) is 4.74. The van der Waals surface area contributed by atoms with Crippen LogP contribution in [0.1, 0.15) is 33.0 Å². The van der Waals surface area contributed by atoms with Crippen molar-refractivity contribution in [3.63, 3.8) is 0 Å². The maximum atomic E-state index is 10.00. The van der Waals surface area contributed by atoms with Crippen LogP contribution in [0.4, 0.5) is 0 Å². The van der Waals surface area contributed by atoms with Gasteiger partial charge in [0.15, 0.2) is 0 Å². The molecular weight excluding hydrogens is 164 g/mol. The van der Waals surface area contributed by atoms with Gasteiger partial charge in [0.25, 0.3) is 0 Å². The molecule has 1 unspecified atom stereocenters. The molecule has 1 aromatic rings. The van der Waals surface area contributed by atoms with Crippen molar-refractivity contribution in [2.24, 2.45) is 5.92 Å². The molecule has 0 fully saturated rings. The molecule has 2 nitrogen and oxygen atoms in total. The van der Waals surface area contributed by atoms with Crippen LogP contribution in [0.2, 0.25) is 0 Å². The molecular formula is C11H18O2. The summed E-state index contributed by atoms with van der Waals surface area (Å²) >= 11 is 0. The van der Waals surface area contributed by atoms with Crippen LogP contribution in [0.25, 0.3) is 0 Å². The van der Waals surface area contributed by atoms with Gasteiger partial charge in [0, 0.05) is 6.42 Å². The first-order valence-corrected chi connectivity index (χ1v) is 4.74. The van der Waals surface area contributed by atoms with Crippen molar-refractivity contribution in [1.82, 2.24) is 0 Å². The third kappa shape index (κ3) is 3.64. The normalized spacial score (nSPS) is 16.1. The molecule has 0 aliphatic heterocycles. The molecule has 0 aromatic carbocycles. The lowest BCUT2D eigenvalue weighted by Gasteiger charge is -2.24. The van der Waals surface area contributed by atoms with Crippen molar-refractivity contribution < 1.29 is 9.52 Å². The summed E-state index contributed by atoms with van der Waals surface area (Å²) in [6.45, 7) is 6.07. The Morgan fingerprint density at radius 3 is 2.69 bits per heavy atom. The highest BCUT2D eigenvalue weighted by Gasteiger charge is 2.23. The Labute approximate surface area is 79.6 Å². The van der Waals surface area contributed by atoms with Crippen LogP contribution in [-0.4, -0.2) is 10.7 Å². The third-order valence-electron chi connectivity index (χ3n) is 1.98. The van der Waals surface area contributed by atoms with Crippen LogP contribution in [0.5, 0.6) is 0 Å². The quantitative estimate of drug-likeness (QED) is 0.776. The molecule has 0 spiro atoms. The lowest BCUT2D eigenvalue weighted by Crippen LogP contribution is -2.28. The van der Waals surface area contributed by atoms with E-state index in [1.165, 1.54) is 0 Å². The lowest BCUT2D eigenvalue weighted by atomic mass is 9.90. The molecule has 0 amide bonds. The average molecular weight is 182 g/mol. The summed E-state index contributed by atoms with van der Waals surface area (Å²) in [5.74, 6) is 1.36. The Kier molecular flexibility index (Phi) is 3.15. The molecule has 74 valence electrons. The van der Waals surface area contributed by atoms with Crippen LogP contribution in [-0.2, 0) is 6.42 Å². The Balaban J connectivity index is 2.51. The van der Waals surface area contributed by atoms with Crippen molar-refractivity contribution in [3.8, 4) is 0 Å². The average Bonchev–Trinajstić information content (AvgIpc) is 2.34. The SMILES string of the molecule is CC(C)CC(C)(O)Cc1ccco1. The number of aliphatic hydroxyl groups is 1. The van der Waals surface area contributed by atoms with Gasteiger partial charge in [0.2, 0.25) is 0 Å². The van der Waals surface area contributed by atoms with Crippen LogP contribution in [0, 0.1) is 5.92 Å². The molecule has 1 heterocycles. The first kappa shape index (κ1) is 10.3. The van der Waals surface area contributed by atoms with E-state index in [4.69, 9.17) is 4.42 Å². The van der Waals surface area contributed by atoms with Crippen LogP contribution >= 0.6 is 0 Å². The molecule has 2 heteroatoms. The Hall–Kier alpha value is -0.760. The second-order valence-corrected chi connectivity index (χ2v) is 4.35. The van der Waals surface area contributed by atoms with Gasteiger partial charge in [-0.25, -0.2) is 0 Å². The third-order valence-corrected chi connectivity index (χ3v) is 1.98. The van der Waals surface area contributed by atoms with E-state index in [1.54, 1.807) is 6.26 Å². The maximum absolute atomic E-state index is 10.00. The minimum absolute atomic E-state index is 0.505. The molecule has 0 aliphatic rings. The number of hydrogen-bond acceptors (Lipinski definition) is 2. The molecule has 0 aliphatic carbocycles. The molecule has 0 saturated carbocycles. The fraction of sp³-hybridized carbons (Fsp3) is 0.636. The van der Waals surface area contributed by atoms with E-state index in [0.29, 0.717) is 12.3 Å². The maximum Gasteiger partial charge on any atom is 0.106 e. The predicted molar refractivity (Wildman–Crippen MR) is 52.5 cm³/mol. The first-order chi connectivity index (χ1) is 5.99. The largest absolute Gasteiger partial charge is 0.469 e. The minimum atomic E-state index is -0.647. The van der Waals surface area contributed by atoms with Crippen molar-refractivity contribution >= 4 is 0 Å². The van der Waals surface area contributed by atoms with Crippen LogP contribution < -0.4 is 0 Å². The van der Waals surface area contributed by atoms with E-state index >= 15 is 0 Å².